The van der Waals surface area contributed by atoms with Gasteiger partial charge in [-0.1, -0.05) is 0 Å². The first-order valence-corrected chi connectivity index (χ1v) is 2.72. The summed E-state index contributed by atoms with van der Waals surface area (Å²) in [5, 5.41) is 10.3. The summed E-state index contributed by atoms with van der Waals surface area (Å²) < 4.78 is 8.51. The summed E-state index contributed by atoms with van der Waals surface area (Å²) in [6.07, 6.45) is -2.21. The maximum atomic E-state index is 10.4. The molecule has 0 bridgehead atoms. The third kappa shape index (κ3) is 3.41. The Morgan fingerprint density at radius 1 is 1.45 bits per heavy atom. The summed E-state index contributed by atoms with van der Waals surface area (Å²) in [6.45, 7) is 0. The van der Waals surface area contributed by atoms with E-state index in [9.17, 15) is 9.59 Å². The molecule has 0 aromatic heterocycles. The second-order valence-corrected chi connectivity index (χ2v) is 1.59. The van der Waals surface area contributed by atoms with Crippen molar-refractivity contribution in [3.8, 4) is 0 Å². The van der Waals surface area contributed by atoms with Gasteiger partial charge in [-0.2, -0.15) is 0 Å². The van der Waals surface area contributed by atoms with E-state index >= 15 is 0 Å². The molecule has 0 saturated carbocycles. The smallest absolute Gasteiger partial charge is 0.409 e. The largest absolute Gasteiger partial charge is 0.478 e. The molecule has 1 amide bonds. The van der Waals surface area contributed by atoms with Crippen molar-refractivity contribution in [2.75, 3.05) is 14.2 Å². The van der Waals surface area contributed by atoms with Crippen LogP contribution >= 0.6 is 0 Å². The van der Waals surface area contributed by atoms with Crippen molar-refractivity contribution in [2.24, 2.45) is 0 Å². The first kappa shape index (κ1) is 9.70. The first-order valence-electron chi connectivity index (χ1n) is 2.72. The van der Waals surface area contributed by atoms with Crippen LogP contribution in [0.5, 0.6) is 0 Å². The number of amides is 1. The van der Waals surface area contributed by atoms with Gasteiger partial charge in [-0.15, -0.1) is 0 Å². The van der Waals surface area contributed by atoms with Crippen LogP contribution < -0.4 is 5.32 Å². The predicted octanol–water partition coefficient (Wildman–Crippen LogP) is -0.601. The standard InChI is InChI=1S/C5H9NO5/c1-10-3(4(7)8)6-5(9)11-2/h3H,1-2H3,(H,6,9)(H,7,8)/t3-/m0/s1. The maximum Gasteiger partial charge on any atom is 0.409 e. The highest BCUT2D eigenvalue weighted by atomic mass is 16.6. The summed E-state index contributed by atoms with van der Waals surface area (Å²) in [4.78, 5) is 20.6. The highest BCUT2D eigenvalue weighted by Crippen LogP contribution is 1.85. The van der Waals surface area contributed by atoms with Gasteiger partial charge in [-0.3, -0.25) is 5.32 Å². The normalized spacial score (nSPS) is 11.8. The van der Waals surface area contributed by atoms with E-state index in [1.54, 1.807) is 0 Å². The maximum absolute atomic E-state index is 10.4. The number of rotatable bonds is 3. The molecule has 6 nitrogen and oxygen atoms in total. The lowest BCUT2D eigenvalue weighted by Gasteiger charge is -2.10. The molecule has 11 heavy (non-hydrogen) atoms. The molecule has 0 radical (unpaired) electrons. The Morgan fingerprint density at radius 2 is 2.00 bits per heavy atom. The Hall–Kier alpha value is -1.30. The van der Waals surface area contributed by atoms with E-state index in [-0.39, 0.29) is 0 Å². The lowest BCUT2D eigenvalue weighted by atomic mass is 10.6. The van der Waals surface area contributed by atoms with Gasteiger partial charge >= 0.3 is 12.1 Å². The summed E-state index contributed by atoms with van der Waals surface area (Å²) in [6, 6.07) is 0. The Labute approximate surface area is 63.1 Å². The number of alkyl carbamates (subject to hydrolysis) is 1. The van der Waals surface area contributed by atoms with E-state index < -0.39 is 18.3 Å². The lowest BCUT2D eigenvalue weighted by Crippen LogP contribution is -2.41. The fourth-order valence-corrected chi connectivity index (χ4v) is 0.387. The summed E-state index contributed by atoms with van der Waals surface area (Å²) in [7, 11) is 2.29. The minimum Gasteiger partial charge on any atom is -0.478 e. The first-order chi connectivity index (χ1) is 5.11. The highest BCUT2D eigenvalue weighted by molar-refractivity contribution is 5.78. The molecule has 0 aliphatic heterocycles. The van der Waals surface area contributed by atoms with Crippen molar-refractivity contribution in [1.29, 1.82) is 0 Å². The van der Waals surface area contributed by atoms with Gasteiger partial charge in [0.1, 0.15) is 0 Å². The topological polar surface area (TPSA) is 84.9 Å². The monoisotopic (exact) mass is 163 g/mol. The van der Waals surface area contributed by atoms with Crippen molar-refractivity contribution < 1.29 is 24.2 Å². The summed E-state index contributed by atoms with van der Waals surface area (Å²) in [5.41, 5.74) is 0. The van der Waals surface area contributed by atoms with Crippen LogP contribution in [0, 0.1) is 0 Å². The number of hydrogen-bond acceptors (Lipinski definition) is 4. The van der Waals surface area contributed by atoms with Gasteiger partial charge in [0, 0.05) is 7.11 Å². The third-order valence-electron chi connectivity index (χ3n) is 0.894. The number of nitrogens with one attached hydrogen (secondary N) is 1. The summed E-state index contributed by atoms with van der Waals surface area (Å²) in [5.74, 6) is -1.28. The number of carboxylic acids is 1. The number of aliphatic carboxylic acids is 1. The molecule has 0 aliphatic carbocycles. The quantitative estimate of drug-likeness (QED) is 0.542. The molecule has 1 atom stereocenters. The molecule has 0 rings (SSSR count). The van der Waals surface area contributed by atoms with Crippen LogP contribution in [0.1, 0.15) is 0 Å². The lowest BCUT2D eigenvalue weighted by molar-refractivity contribution is -0.150. The van der Waals surface area contributed by atoms with E-state index in [4.69, 9.17) is 5.11 Å². The minimum atomic E-state index is -1.36. The van der Waals surface area contributed by atoms with E-state index in [1.165, 1.54) is 0 Å². The Balaban J connectivity index is 3.88. The zero-order chi connectivity index (χ0) is 8.85. The molecule has 0 fully saturated rings. The van der Waals surface area contributed by atoms with Crippen molar-refractivity contribution in [2.45, 2.75) is 6.23 Å². The van der Waals surface area contributed by atoms with Gasteiger partial charge in [0.25, 0.3) is 0 Å². The second kappa shape index (κ2) is 4.51. The molecule has 0 aliphatic rings. The molecule has 6 heteroatoms. The number of methoxy groups -OCH3 is 2. The number of ether oxygens (including phenoxy) is 2. The number of hydrogen-bond donors (Lipinski definition) is 2. The number of carbonyl (C=O) groups excluding carboxylic acids is 1. The Bertz CT molecular complexity index is 157. The van der Waals surface area contributed by atoms with Gasteiger partial charge in [-0.05, 0) is 0 Å². The van der Waals surface area contributed by atoms with Crippen molar-refractivity contribution in [1.82, 2.24) is 5.32 Å². The number of carbonyl (C=O) groups is 2. The van der Waals surface area contributed by atoms with Crippen LogP contribution in [-0.4, -0.2) is 37.6 Å². The van der Waals surface area contributed by atoms with Crippen molar-refractivity contribution >= 4 is 12.1 Å². The van der Waals surface area contributed by atoms with Gasteiger partial charge in [0.2, 0.25) is 6.23 Å². The SMILES string of the molecule is COC(=O)N[C@@H](OC)C(=O)O. The van der Waals surface area contributed by atoms with Crippen LogP contribution in [0.3, 0.4) is 0 Å². The van der Waals surface area contributed by atoms with E-state index in [0.29, 0.717) is 0 Å². The molecular weight excluding hydrogens is 154 g/mol. The molecule has 2 N–H and O–H groups in total. The zero-order valence-electron chi connectivity index (χ0n) is 6.16. The minimum absolute atomic E-state index is 0.848. The fraction of sp³-hybridized carbons (Fsp3) is 0.600. The molecule has 64 valence electrons. The van der Waals surface area contributed by atoms with Gasteiger partial charge in [0.15, 0.2) is 0 Å². The van der Waals surface area contributed by atoms with Crippen LogP contribution in [0.4, 0.5) is 4.79 Å². The summed E-state index contributed by atoms with van der Waals surface area (Å²) >= 11 is 0. The average Bonchev–Trinajstić information content (AvgIpc) is 1.99. The molecule has 0 aromatic carbocycles. The third-order valence-corrected chi connectivity index (χ3v) is 0.894. The van der Waals surface area contributed by atoms with E-state index in [1.807, 2.05) is 5.32 Å². The highest BCUT2D eigenvalue weighted by Gasteiger charge is 2.18. The van der Waals surface area contributed by atoms with Crippen molar-refractivity contribution in [3.63, 3.8) is 0 Å². The fourth-order valence-electron chi connectivity index (χ4n) is 0.387. The van der Waals surface area contributed by atoms with Gasteiger partial charge < -0.3 is 14.6 Å². The average molecular weight is 163 g/mol. The molecule has 0 spiro atoms. The Kier molecular flexibility index (Phi) is 3.97. The van der Waals surface area contributed by atoms with Gasteiger partial charge in [-0.25, -0.2) is 9.59 Å². The van der Waals surface area contributed by atoms with Crippen LogP contribution in [0.15, 0.2) is 0 Å². The second-order valence-electron chi connectivity index (χ2n) is 1.59. The van der Waals surface area contributed by atoms with E-state index in [0.717, 1.165) is 14.2 Å². The van der Waals surface area contributed by atoms with Crippen LogP contribution in [0.25, 0.3) is 0 Å². The molecular formula is C5H9NO5. The zero-order valence-corrected chi connectivity index (χ0v) is 6.16. The molecule has 0 saturated heterocycles. The molecule has 0 unspecified atom stereocenters. The Morgan fingerprint density at radius 3 is 2.27 bits per heavy atom. The molecule has 0 heterocycles. The van der Waals surface area contributed by atoms with E-state index in [2.05, 4.69) is 9.47 Å². The van der Waals surface area contributed by atoms with Crippen LogP contribution in [0.2, 0.25) is 0 Å². The predicted molar refractivity (Wildman–Crippen MR) is 34.0 cm³/mol. The molecule has 0 aromatic rings. The van der Waals surface area contributed by atoms with Crippen molar-refractivity contribution in [3.05, 3.63) is 0 Å². The van der Waals surface area contributed by atoms with Crippen LogP contribution in [-0.2, 0) is 14.3 Å². The number of carboxylic acid groups (broad SMARTS) is 1. The van der Waals surface area contributed by atoms with Gasteiger partial charge in [0.05, 0.1) is 7.11 Å².